The first-order chi connectivity index (χ1) is 12.3. The normalized spacial score (nSPS) is 26.3. The predicted molar refractivity (Wildman–Crippen MR) is 97.8 cm³/mol. The topological polar surface area (TPSA) is 46.4 Å². The van der Waals surface area contributed by atoms with Crippen LogP contribution in [0, 0.1) is 0 Å². The summed E-state index contributed by atoms with van der Waals surface area (Å²) >= 11 is 0. The minimum Gasteiger partial charge on any atom is -0.379 e. The lowest BCUT2D eigenvalue weighted by atomic mass is 10.0. The molecule has 3 aliphatic rings. The Balaban J connectivity index is 1.26. The SMILES string of the molecule is C[C@@H](CN1CCOCC1)N1CCC(n2cc(C3CCCC3)nn2)CC1. The summed E-state index contributed by atoms with van der Waals surface area (Å²) in [4.78, 5) is 5.20. The molecule has 4 rings (SSSR count). The summed E-state index contributed by atoms with van der Waals surface area (Å²) in [7, 11) is 0. The Morgan fingerprint density at radius 3 is 2.52 bits per heavy atom. The molecule has 2 saturated heterocycles. The van der Waals surface area contributed by atoms with Gasteiger partial charge < -0.3 is 4.74 Å². The third kappa shape index (κ3) is 4.23. The van der Waals surface area contributed by atoms with Crippen molar-refractivity contribution in [2.75, 3.05) is 45.9 Å². The van der Waals surface area contributed by atoms with Gasteiger partial charge in [0, 0.05) is 50.9 Å². The lowest BCUT2D eigenvalue weighted by Gasteiger charge is -2.38. The molecule has 0 aromatic carbocycles. The molecule has 1 saturated carbocycles. The first-order valence-electron chi connectivity index (χ1n) is 10.3. The van der Waals surface area contributed by atoms with Crippen LogP contribution in [0.2, 0.25) is 0 Å². The fourth-order valence-electron chi connectivity index (χ4n) is 4.74. The van der Waals surface area contributed by atoms with E-state index < -0.39 is 0 Å². The Bertz CT molecular complexity index is 528. The van der Waals surface area contributed by atoms with Crippen LogP contribution in [0.3, 0.4) is 0 Å². The second-order valence-electron chi connectivity index (χ2n) is 8.13. The summed E-state index contributed by atoms with van der Waals surface area (Å²) in [6.45, 7) is 9.86. The molecule has 140 valence electrons. The van der Waals surface area contributed by atoms with Gasteiger partial charge in [-0.15, -0.1) is 5.10 Å². The van der Waals surface area contributed by atoms with E-state index in [1.807, 2.05) is 0 Å². The molecule has 6 heteroatoms. The van der Waals surface area contributed by atoms with Crippen molar-refractivity contribution in [1.82, 2.24) is 24.8 Å². The van der Waals surface area contributed by atoms with Crippen molar-refractivity contribution >= 4 is 0 Å². The average molecular weight is 348 g/mol. The summed E-state index contributed by atoms with van der Waals surface area (Å²) in [6.07, 6.45) is 9.95. The van der Waals surface area contributed by atoms with Crippen LogP contribution < -0.4 is 0 Å². The summed E-state index contributed by atoms with van der Waals surface area (Å²) in [6, 6.07) is 1.17. The van der Waals surface area contributed by atoms with E-state index in [-0.39, 0.29) is 0 Å². The molecule has 1 aromatic rings. The zero-order chi connectivity index (χ0) is 17.1. The third-order valence-corrected chi connectivity index (χ3v) is 6.42. The van der Waals surface area contributed by atoms with E-state index in [4.69, 9.17) is 4.74 Å². The zero-order valence-electron chi connectivity index (χ0n) is 15.6. The van der Waals surface area contributed by atoms with Gasteiger partial charge in [-0.2, -0.15) is 0 Å². The van der Waals surface area contributed by atoms with Crippen LogP contribution in [0.5, 0.6) is 0 Å². The number of likely N-dealkylation sites (tertiary alicyclic amines) is 1. The second kappa shape index (κ2) is 8.14. The highest BCUT2D eigenvalue weighted by atomic mass is 16.5. The van der Waals surface area contributed by atoms with Crippen LogP contribution in [-0.2, 0) is 4.74 Å². The summed E-state index contributed by atoms with van der Waals surface area (Å²) < 4.78 is 7.62. The molecule has 2 aliphatic heterocycles. The Hall–Kier alpha value is -0.980. The quantitative estimate of drug-likeness (QED) is 0.818. The van der Waals surface area contributed by atoms with Crippen LogP contribution in [-0.4, -0.2) is 76.8 Å². The monoisotopic (exact) mass is 347 g/mol. The van der Waals surface area contributed by atoms with Crippen molar-refractivity contribution in [3.63, 3.8) is 0 Å². The first-order valence-corrected chi connectivity index (χ1v) is 10.3. The van der Waals surface area contributed by atoms with Crippen molar-refractivity contribution < 1.29 is 4.74 Å². The number of ether oxygens (including phenoxy) is 1. The van der Waals surface area contributed by atoms with Gasteiger partial charge in [-0.3, -0.25) is 9.80 Å². The highest BCUT2D eigenvalue weighted by Gasteiger charge is 2.27. The second-order valence-corrected chi connectivity index (χ2v) is 8.13. The van der Waals surface area contributed by atoms with E-state index in [9.17, 15) is 0 Å². The summed E-state index contributed by atoms with van der Waals surface area (Å²) in [5.41, 5.74) is 1.24. The predicted octanol–water partition coefficient (Wildman–Crippen LogP) is 2.29. The fraction of sp³-hybridized carbons (Fsp3) is 0.895. The Morgan fingerprint density at radius 2 is 1.80 bits per heavy atom. The molecule has 3 fully saturated rings. The van der Waals surface area contributed by atoms with Gasteiger partial charge in [0.15, 0.2) is 0 Å². The van der Waals surface area contributed by atoms with Gasteiger partial charge in [0.05, 0.1) is 24.9 Å². The zero-order valence-corrected chi connectivity index (χ0v) is 15.6. The number of hydrogen-bond donors (Lipinski definition) is 0. The molecule has 1 aromatic heterocycles. The largest absolute Gasteiger partial charge is 0.379 e. The molecule has 6 nitrogen and oxygen atoms in total. The number of nitrogens with zero attached hydrogens (tertiary/aromatic N) is 5. The number of hydrogen-bond acceptors (Lipinski definition) is 5. The highest BCUT2D eigenvalue weighted by molar-refractivity contribution is 5.04. The Labute approximate surface area is 151 Å². The van der Waals surface area contributed by atoms with Gasteiger partial charge in [-0.05, 0) is 32.6 Å². The number of aromatic nitrogens is 3. The van der Waals surface area contributed by atoms with Crippen molar-refractivity contribution in [1.29, 1.82) is 0 Å². The molecule has 0 amide bonds. The van der Waals surface area contributed by atoms with Gasteiger partial charge in [-0.25, -0.2) is 4.68 Å². The van der Waals surface area contributed by atoms with Crippen molar-refractivity contribution in [3.8, 4) is 0 Å². The maximum Gasteiger partial charge on any atom is 0.0858 e. The average Bonchev–Trinajstić information content (AvgIpc) is 3.34. The van der Waals surface area contributed by atoms with Crippen LogP contribution in [0.4, 0.5) is 0 Å². The molecule has 3 heterocycles. The molecule has 0 spiro atoms. The van der Waals surface area contributed by atoms with E-state index >= 15 is 0 Å². The van der Waals surface area contributed by atoms with Gasteiger partial charge in [-0.1, -0.05) is 18.1 Å². The van der Waals surface area contributed by atoms with Gasteiger partial charge in [0.2, 0.25) is 0 Å². The number of rotatable bonds is 5. The third-order valence-electron chi connectivity index (χ3n) is 6.42. The van der Waals surface area contributed by atoms with Crippen LogP contribution in [0.1, 0.15) is 63.1 Å². The van der Waals surface area contributed by atoms with Crippen LogP contribution in [0.15, 0.2) is 6.20 Å². The van der Waals surface area contributed by atoms with Gasteiger partial charge in [0.1, 0.15) is 0 Å². The van der Waals surface area contributed by atoms with E-state index in [0.29, 0.717) is 18.0 Å². The molecular weight excluding hydrogens is 314 g/mol. The standard InChI is InChI=1S/C19H33N5O/c1-16(14-22-10-12-25-13-11-22)23-8-6-18(7-9-23)24-15-19(20-21-24)17-4-2-3-5-17/h15-18H,2-14H2,1H3/t16-/m0/s1. The number of morpholine rings is 1. The first kappa shape index (κ1) is 17.4. The van der Waals surface area contributed by atoms with Crippen LogP contribution >= 0.6 is 0 Å². The highest BCUT2D eigenvalue weighted by Crippen LogP contribution is 2.33. The molecule has 0 radical (unpaired) electrons. The van der Waals surface area contributed by atoms with Crippen molar-refractivity contribution in [2.45, 2.75) is 63.5 Å². The molecule has 25 heavy (non-hydrogen) atoms. The molecule has 0 unspecified atom stereocenters. The lowest BCUT2D eigenvalue weighted by Crippen LogP contribution is -2.48. The maximum absolute atomic E-state index is 5.46. The Kier molecular flexibility index (Phi) is 5.68. The van der Waals surface area contributed by atoms with Gasteiger partial charge >= 0.3 is 0 Å². The summed E-state index contributed by atoms with van der Waals surface area (Å²) in [5.74, 6) is 0.669. The molecule has 0 N–H and O–H groups in total. The Morgan fingerprint density at radius 1 is 1.08 bits per heavy atom. The molecule has 1 atom stereocenters. The minimum absolute atomic E-state index is 0.537. The lowest BCUT2D eigenvalue weighted by molar-refractivity contribution is 0.0205. The molecular formula is C19H33N5O. The smallest absolute Gasteiger partial charge is 0.0858 e. The van der Waals surface area contributed by atoms with E-state index in [0.717, 1.165) is 26.3 Å². The number of piperidine rings is 1. The molecule has 1 aliphatic carbocycles. The van der Waals surface area contributed by atoms with E-state index in [1.165, 1.54) is 63.9 Å². The fourth-order valence-corrected chi connectivity index (χ4v) is 4.74. The van der Waals surface area contributed by atoms with Crippen LogP contribution in [0.25, 0.3) is 0 Å². The van der Waals surface area contributed by atoms with Crippen molar-refractivity contribution in [3.05, 3.63) is 11.9 Å². The summed E-state index contributed by atoms with van der Waals surface area (Å²) in [5, 5.41) is 8.96. The maximum atomic E-state index is 5.46. The van der Waals surface area contributed by atoms with E-state index in [2.05, 4.69) is 37.9 Å². The minimum atomic E-state index is 0.537. The van der Waals surface area contributed by atoms with Gasteiger partial charge in [0.25, 0.3) is 0 Å². The van der Waals surface area contributed by atoms with E-state index in [1.54, 1.807) is 0 Å². The van der Waals surface area contributed by atoms with Crippen molar-refractivity contribution in [2.24, 2.45) is 0 Å². The molecule has 0 bridgehead atoms.